The largest absolute Gasteiger partial charge is 2.00 e. The molecule has 12 nitrogen and oxygen atoms in total. The van der Waals surface area contributed by atoms with Crippen LogP contribution in [0.25, 0.3) is 0 Å². The van der Waals surface area contributed by atoms with Crippen molar-refractivity contribution in [2.45, 2.75) is 25.3 Å². The van der Waals surface area contributed by atoms with Crippen molar-refractivity contribution in [2.75, 3.05) is 6.54 Å². The maximum atomic E-state index is 10.1. The van der Waals surface area contributed by atoms with E-state index in [1.807, 2.05) is 0 Å². The van der Waals surface area contributed by atoms with Crippen LogP contribution in [0.3, 0.4) is 0 Å². The number of carboxylic acid groups (broad SMARTS) is 1. The van der Waals surface area contributed by atoms with E-state index in [1.54, 1.807) is 0 Å². The summed E-state index contributed by atoms with van der Waals surface area (Å²) in [5.74, 6) is -0.933. The summed E-state index contributed by atoms with van der Waals surface area (Å²) in [5, 5.41) is 8.33. The van der Waals surface area contributed by atoms with Gasteiger partial charge in [-0.1, -0.05) is 6.42 Å². The quantitative estimate of drug-likeness (QED) is 0.0713. The van der Waals surface area contributed by atoms with Gasteiger partial charge in [-0.3, -0.25) is 13.2 Å². The third kappa shape index (κ3) is 105. The van der Waals surface area contributed by atoms with Crippen LogP contribution >= 0.6 is 7.82 Å². The van der Waals surface area contributed by atoms with E-state index in [0.717, 1.165) is 12.8 Å². The van der Waals surface area contributed by atoms with Crippen LogP contribution in [0.15, 0.2) is 0 Å². The number of carboxylic acids is 1. The summed E-state index contributed by atoms with van der Waals surface area (Å²) in [6.07, 6.45) is 2.16. The molecule has 0 rings (SSSR count). The molecule has 0 aliphatic heterocycles. The molecule has 0 unspecified atom stereocenters. The summed E-state index contributed by atoms with van der Waals surface area (Å²) in [7, 11) is -9.81. The molecule has 140 valence electrons. The van der Waals surface area contributed by atoms with Gasteiger partial charge >= 0.3 is 74.6 Å². The van der Waals surface area contributed by atoms with Crippen molar-refractivity contribution in [3.63, 3.8) is 0 Å². The number of halogens is 2. The number of nitrogens with two attached hydrogens (primary N) is 2. The third-order valence-electron chi connectivity index (χ3n) is 1.29. The fourth-order valence-electron chi connectivity index (χ4n) is 0.632. The minimum Gasteiger partial charge on any atom is -1.00 e. The van der Waals surface area contributed by atoms with Crippen molar-refractivity contribution in [1.29, 1.82) is 0 Å². The van der Waals surface area contributed by atoms with Gasteiger partial charge in [-0.05, 0) is 19.4 Å². The van der Waals surface area contributed by atoms with Gasteiger partial charge in [0.2, 0.25) is 0 Å². The van der Waals surface area contributed by atoms with Gasteiger partial charge in [0, 0.05) is 10.4 Å². The van der Waals surface area contributed by atoms with Crippen LogP contribution in [-0.4, -0.2) is 117 Å². The van der Waals surface area contributed by atoms with Crippen molar-refractivity contribution >= 4 is 85.0 Å². The van der Waals surface area contributed by atoms with Crippen LogP contribution in [-0.2, 0) is 19.8 Å². The number of carbonyl (C=O) groups is 1. The first-order chi connectivity index (χ1) is 8.68. The summed E-state index contributed by atoms with van der Waals surface area (Å²) in [6.45, 7) is 0.604. The second kappa shape index (κ2) is 25.0. The Morgan fingerprint density at radius 2 is 1.38 bits per heavy atom. The molecular formula is C6H17CaCl2MgN2O10PS. The van der Waals surface area contributed by atoms with E-state index < -0.39 is 30.2 Å². The van der Waals surface area contributed by atoms with E-state index in [4.69, 9.17) is 53.3 Å². The van der Waals surface area contributed by atoms with Crippen molar-refractivity contribution < 1.29 is 71.5 Å². The Bertz CT molecular complexity index is 398. The molecule has 24 heavy (non-hydrogen) atoms. The van der Waals surface area contributed by atoms with Gasteiger partial charge < -0.3 is 65.2 Å². The minimum absolute atomic E-state index is 0. The van der Waals surface area contributed by atoms with Gasteiger partial charge in [-0.15, -0.1) is 0 Å². The van der Waals surface area contributed by atoms with Crippen LogP contribution in [0.5, 0.6) is 0 Å². The van der Waals surface area contributed by atoms with Crippen LogP contribution in [0.2, 0.25) is 0 Å². The van der Waals surface area contributed by atoms with Crippen molar-refractivity contribution in [1.82, 2.24) is 0 Å². The van der Waals surface area contributed by atoms with Gasteiger partial charge in [0.25, 0.3) is 0 Å². The van der Waals surface area contributed by atoms with E-state index in [1.165, 1.54) is 0 Å². The molecule has 0 saturated heterocycles. The number of hydrogen-bond acceptors (Lipinski definition) is 8. The second-order valence-electron chi connectivity index (χ2n) is 3.15. The van der Waals surface area contributed by atoms with E-state index >= 15 is 0 Å². The molecule has 0 fully saturated rings. The standard InChI is InChI=1S/C6H14N2O2.Ca.2ClH.Mg.H3O4P.H2O4S/c7-4-2-1-3-5(8)6(9)10;;;;;2*1-5(2,3)4/h5H,1-4,7-8H2,(H,9,10);;2*1H;;(H3,1,2,3,4);(H2,1,2,3,4)/q;+2;;;+2;;/p-4/t5-;;;;;;/m0....../s1. The van der Waals surface area contributed by atoms with Gasteiger partial charge in [0.1, 0.15) is 6.04 Å². The summed E-state index contributed by atoms with van der Waals surface area (Å²) in [6, 6.07) is -0.716. The fraction of sp³-hybridized carbons (Fsp3) is 0.833. The summed E-state index contributed by atoms with van der Waals surface area (Å²) >= 11 is 0. The Balaban J connectivity index is -0.0000000362. The zero-order chi connectivity index (χ0) is 17.0. The minimum atomic E-state index is -5.17. The molecule has 0 aromatic rings. The number of unbranched alkanes of at least 4 members (excludes halogenated alkanes) is 1. The Labute approximate surface area is 197 Å². The first-order valence-electron chi connectivity index (χ1n) is 4.82. The zero-order valence-electron chi connectivity index (χ0n) is 12.3. The maximum absolute atomic E-state index is 10.1. The van der Waals surface area contributed by atoms with Crippen molar-refractivity contribution in [3.8, 4) is 0 Å². The molecule has 8 N–H and O–H groups in total. The number of aliphatic carboxylic acids is 1. The van der Waals surface area contributed by atoms with Gasteiger partial charge in [-0.2, -0.15) is 0 Å². The van der Waals surface area contributed by atoms with Crippen molar-refractivity contribution in [2.24, 2.45) is 11.5 Å². The Morgan fingerprint density at radius 3 is 1.54 bits per heavy atom. The molecule has 0 spiro atoms. The molecule has 0 saturated carbocycles. The smallest absolute Gasteiger partial charge is 1.00 e. The monoisotopic (exact) mass is 474 g/mol. The fourth-order valence-corrected chi connectivity index (χ4v) is 0.632. The maximum Gasteiger partial charge on any atom is 2.00 e. The van der Waals surface area contributed by atoms with Gasteiger partial charge in [0.05, 0.1) is 0 Å². The Kier molecular flexibility index (Phi) is 46.8. The molecule has 1 atom stereocenters. The van der Waals surface area contributed by atoms with Crippen molar-refractivity contribution in [3.05, 3.63) is 0 Å². The summed E-state index contributed by atoms with van der Waals surface area (Å²) < 4.78 is 43.0. The van der Waals surface area contributed by atoms with Crippen LogP contribution in [0.1, 0.15) is 19.3 Å². The molecule has 0 bridgehead atoms. The number of rotatable bonds is 5. The molecule has 18 heteroatoms. The molecule has 0 radical (unpaired) electrons. The second-order valence-corrected chi connectivity index (χ2v) is 4.99. The predicted octanol–water partition coefficient (Wildman–Crippen LogP) is -9.49. The molecule has 0 aromatic carbocycles. The van der Waals surface area contributed by atoms with E-state index in [2.05, 4.69) is 0 Å². The van der Waals surface area contributed by atoms with E-state index in [9.17, 15) is 4.79 Å². The Hall–Kier alpha value is 1.98. The normalized spacial score (nSPS) is 10.3. The SMILES string of the molecule is NCCCC[C@H](N)C(=O)O.O=P(O)(O)O.O=S(=O)([O-])[O-].[Ca+2].[Cl-].[Cl-].[Mg+2]. The molecule has 0 amide bonds. The summed E-state index contributed by atoms with van der Waals surface area (Å²) in [5.41, 5.74) is 10.4. The average molecular weight is 476 g/mol. The van der Waals surface area contributed by atoms with Gasteiger partial charge in [0.15, 0.2) is 0 Å². The first-order valence-corrected chi connectivity index (χ1v) is 7.71. The molecular weight excluding hydrogens is 458 g/mol. The number of hydrogen-bond donors (Lipinski definition) is 6. The molecule has 0 heterocycles. The first kappa shape index (κ1) is 45.0. The van der Waals surface area contributed by atoms with Crippen LogP contribution < -0.4 is 36.3 Å². The van der Waals surface area contributed by atoms with E-state index in [0.29, 0.717) is 13.0 Å². The predicted molar refractivity (Wildman–Crippen MR) is 74.8 cm³/mol. The molecule has 0 aromatic heterocycles. The summed E-state index contributed by atoms with van der Waals surface area (Å²) in [4.78, 5) is 31.7. The topological polar surface area (TPSA) is 247 Å². The number of phosphoric acid groups is 1. The third-order valence-corrected chi connectivity index (χ3v) is 1.29. The average Bonchev–Trinajstić information content (AvgIpc) is 2.12. The van der Waals surface area contributed by atoms with Crippen LogP contribution in [0.4, 0.5) is 0 Å². The molecule has 0 aliphatic carbocycles. The van der Waals surface area contributed by atoms with Gasteiger partial charge in [-0.25, -0.2) is 4.57 Å². The van der Waals surface area contributed by atoms with Crippen LogP contribution in [0, 0.1) is 0 Å². The molecule has 0 aliphatic rings. The Morgan fingerprint density at radius 1 is 1.12 bits per heavy atom. The van der Waals surface area contributed by atoms with E-state index in [-0.39, 0.29) is 85.6 Å². The zero-order valence-corrected chi connectivity index (χ0v) is 19.2.